The van der Waals surface area contributed by atoms with Gasteiger partial charge < -0.3 is 14.6 Å². The summed E-state index contributed by atoms with van der Waals surface area (Å²) in [6, 6.07) is 0. The van der Waals surface area contributed by atoms with Crippen molar-refractivity contribution in [2.24, 2.45) is 0 Å². The molecule has 0 aromatic heterocycles. The highest BCUT2D eigenvalue weighted by Crippen LogP contribution is 2.13. The molecule has 11 heavy (non-hydrogen) atoms. The summed E-state index contributed by atoms with van der Waals surface area (Å²) in [4.78, 5) is 21.6. The van der Waals surface area contributed by atoms with E-state index in [4.69, 9.17) is 7.85 Å². The van der Waals surface area contributed by atoms with Crippen LogP contribution in [-0.2, 0) is 19.1 Å². The van der Waals surface area contributed by atoms with Crippen LogP contribution in [0.3, 0.4) is 0 Å². The Morgan fingerprint density at radius 2 is 2.55 bits per heavy atom. The van der Waals surface area contributed by atoms with Crippen LogP contribution in [0.15, 0.2) is 11.3 Å². The Hall–Kier alpha value is -1.52. The molecule has 1 aliphatic heterocycles. The number of esters is 2. The number of methoxy groups -OCH3 is 1. The summed E-state index contributed by atoms with van der Waals surface area (Å²) in [6.45, 7) is -2.64. The van der Waals surface area contributed by atoms with E-state index in [0.29, 0.717) is 0 Å². The van der Waals surface area contributed by atoms with Crippen molar-refractivity contribution in [2.45, 2.75) is 0 Å². The fourth-order valence-corrected chi connectivity index (χ4v) is 0.575. The number of rotatable bonds is 1. The molecule has 0 aromatic rings. The Morgan fingerprint density at radius 3 is 2.91 bits per heavy atom. The number of carbonyl (C=O) groups excluding carboxylic acids is 2. The van der Waals surface area contributed by atoms with Crippen molar-refractivity contribution in [3.05, 3.63) is 11.3 Å². The summed E-state index contributed by atoms with van der Waals surface area (Å²) in [6.07, 6.45) is 0. The number of cyclic esters (lactones) is 1. The summed E-state index contributed by atoms with van der Waals surface area (Å²) in [5.74, 6) is -3.40. The van der Waals surface area contributed by atoms with Crippen LogP contribution in [0, 0.1) is 0 Å². The molecule has 0 spiro atoms. The van der Waals surface area contributed by atoms with Gasteiger partial charge in [0.25, 0.3) is 0 Å². The quantitative estimate of drug-likeness (QED) is 0.414. The minimum atomic E-state index is -2.64. The first-order valence-corrected chi connectivity index (χ1v) is 2.65. The van der Waals surface area contributed by atoms with Crippen molar-refractivity contribution < 1.29 is 26.9 Å². The third-order valence-electron chi connectivity index (χ3n) is 1.07. The number of hydrogen-bond donors (Lipinski definition) is 1. The molecule has 0 amide bonds. The van der Waals surface area contributed by atoms with Crippen molar-refractivity contribution in [1.29, 1.82) is 0 Å². The lowest BCUT2D eigenvalue weighted by Crippen LogP contribution is -2.12. The molecule has 0 saturated carbocycles. The molecule has 0 unspecified atom stereocenters. The predicted octanol–water partition coefficient (Wildman–Crippen LogP) is -0.472. The molecule has 1 N–H and O–H groups in total. The lowest BCUT2D eigenvalue weighted by Gasteiger charge is -1.94. The Morgan fingerprint density at radius 1 is 1.91 bits per heavy atom. The van der Waals surface area contributed by atoms with Crippen molar-refractivity contribution >= 4 is 11.9 Å². The Kier molecular flexibility index (Phi) is 1.23. The Balaban J connectivity index is 3.13. The zero-order valence-corrected chi connectivity index (χ0v) is 5.58. The molecule has 5 heteroatoms. The molecule has 1 aliphatic rings. The standard InChI is InChI=1S/C6H6O5/c1-10-5(8)4-3(7)2-11-6(4)9/h7H,2H2,1H3/i2D2. The van der Waals surface area contributed by atoms with Gasteiger partial charge in [-0.25, -0.2) is 9.59 Å². The third kappa shape index (κ3) is 1.17. The van der Waals surface area contributed by atoms with E-state index in [0.717, 1.165) is 7.11 Å². The number of aliphatic hydroxyl groups excluding tert-OH is 1. The summed E-state index contributed by atoms with van der Waals surface area (Å²) in [7, 11) is 1.00. The Labute approximate surface area is 65.0 Å². The van der Waals surface area contributed by atoms with Crippen LogP contribution in [0.25, 0.3) is 0 Å². The molecule has 0 saturated heterocycles. The number of aliphatic hydroxyl groups is 1. The van der Waals surface area contributed by atoms with E-state index in [1.165, 1.54) is 0 Å². The van der Waals surface area contributed by atoms with E-state index in [2.05, 4.69) is 9.47 Å². The topological polar surface area (TPSA) is 72.8 Å². The zero-order valence-electron chi connectivity index (χ0n) is 7.58. The van der Waals surface area contributed by atoms with Gasteiger partial charge in [-0.1, -0.05) is 0 Å². The van der Waals surface area contributed by atoms with Gasteiger partial charge in [0.1, 0.15) is 6.56 Å². The number of hydrogen-bond acceptors (Lipinski definition) is 5. The molecule has 0 aromatic carbocycles. The summed E-state index contributed by atoms with van der Waals surface area (Å²) in [5.41, 5.74) is -0.799. The minimum Gasteiger partial charge on any atom is -0.508 e. The highest BCUT2D eigenvalue weighted by molar-refractivity contribution is 6.15. The number of ether oxygens (including phenoxy) is 2. The third-order valence-corrected chi connectivity index (χ3v) is 1.07. The lowest BCUT2D eigenvalue weighted by molar-refractivity contribution is -0.143. The van der Waals surface area contributed by atoms with E-state index in [9.17, 15) is 9.59 Å². The Bertz CT molecular complexity index is 306. The second-order valence-electron chi connectivity index (χ2n) is 1.71. The average molecular weight is 160 g/mol. The number of carbonyl (C=O) groups is 2. The zero-order chi connectivity index (χ0) is 10.2. The van der Waals surface area contributed by atoms with Gasteiger partial charge in [-0.05, 0) is 0 Å². The highest BCUT2D eigenvalue weighted by Gasteiger charge is 2.31. The second-order valence-corrected chi connectivity index (χ2v) is 1.71. The van der Waals surface area contributed by atoms with Crippen molar-refractivity contribution in [1.82, 2.24) is 0 Å². The maximum atomic E-state index is 10.8. The molecule has 0 bridgehead atoms. The molecule has 1 heterocycles. The SMILES string of the molecule is [2H]C1([2H])OC(=O)C(C(=O)OC)=C1O. The smallest absolute Gasteiger partial charge is 0.349 e. The van der Waals surface area contributed by atoms with E-state index in [-0.39, 0.29) is 0 Å². The molecule has 60 valence electrons. The van der Waals surface area contributed by atoms with Crippen LogP contribution in [-0.4, -0.2) is 30.7 Å². The normalized spacial score (nSPS) is 23.9. The van der Waals surface area contributed by atoms with Crippen LogP contribution in [0.2, 0.25) is 0 Å². The van der Waals surface area contributed by atoms with Crippen LogP contribution < -0.4 is 0 Å². The maximum absolute atomic E-state index is 10.8. The first-order valence-electron chi connectivity index (χ1n) is 3.65. The summed E-state index contributed by atoms with van der Waals surface area (Å²) >= 11 is 0. The van der Waals surface area contributed by atoms with Gasteiger partial charge in [0.2, 0.25) is 0 Å². The van der Waals surface area contributed by atoms with Crippen molar-refractivity contribution in [3.63, 3.8) is 0 Å². The molecular formula is C6H6O5. The molecular weight excluding hydrogens is 152 g/mol. The minimum absolute atomic E-state index is 0.799. The van der Waals surface area contributed by atoms with Crippen LogP contribution in [0.4, 0.5) is 0 Å². The van der Waals surface area contributed by atoms with Gasteiger partial charge in [-0.15, -0.1) is 0 Å². The summed E-state index contributed by atoms with van der Waals surface area (Å²) in [5, 5.41) is 9.05. The summed E-state index contributed by atoms with van der Waals surface area (Å²) < 4.78 is 22.1. The van der Waals surface area contributed by atoms with E-state index < -0.39 is 29.8 Å². The lowest BCUT2D eigenvalue weighted by atomic mass is 10.2. The average Bonchev–Trinajstić information content (AvgIpc) is 2.21. The first kappa shape index (κ1) is 5.17. The first-order chi connectivity index (χ1) is 5.90. The fraction of sp³-hybridized carbons (Fsp3) is 0.333. The molecule has 5 nitrogen and oxygen atoms in total. The van der Waals surface area contributed by atoms with Crippen LogP contribution >= 0.6 is 0 Å². The van der Waals surface area contributed by atoms with E-state index in [1.807, 2.05) is 0 Å². The highest BCUT2D eigenvalue weighted by atomic mass is 16.6. The monoisotopic (exact) mass is 160 g/mol. The van der Waals surface area contributed by atoms with Gasteiger partial charge in [0.15, 0.2) is 11.3 Å². The maximum Gasteiger partial charge on any atom is 0.349 e. The van der Waals surface area contributed by atoms with E-state index >= 15 is 0 Å². The van der Waals surface area contributed by atoms with Crippen LogP contribution in [0.1, 0.15) is 2.74 Å². The molecule has 0 fully saturated rings. The van der Waals surface area contributed by atoms with Gasteiger partial charge in [0.05, 0.1) is 9.85 Å². The van der Waals surface area contributed by atoms with Gasteiger partial charge in [0, 0.05) is 0 Å². The molecule has 0 radical (unpaired) electrons. The fourth-order valence-electron chi connectivity index (χ4n) is 0.575. The van der Waals surface area contributed by atoms with E-state index in [1.54, 1.807) is 0 Å². The molecule has 0 aliphatic carbocycles. The predicted molar refractivity (Wildman–Crippen MR) is 32.6 cm³/mol. The largest absolute Gasteiger partial charge is 0.508 e. The molecule has 1 rings (SSSR count). The van der Waals surface area contributed by atoms with Crippen molar-refractivity contribution in [3.8, 4) is 0 Å². The van der Waals surface area contributed by atoms with Gasteiger partial charge >= 0.3 is 11.9 Å². The van der Waals surface area contributed by atoms with Crippen LogP contribution in [0.5, 0.6) is 0 Å². The second kappa shape index (κ2) is 2.61. The molecule has 0 atom stereocenters. The van der Waals surface area contributed by atoms with Crippen molar-refractivity contribution in [2.75, 3.05) is 13.7 Å². The van der Waals surface area contributed by atoms with Gasteiger partial charge in [-0.2, -0.15) is 0 Å². The van der Waals surface area contributed by atoms with Gasteiger partial charge in [-0.3, -0.25) is 0 Å².